The molecule has 25 heavy (non-hydrogen) atoms. The van der Waals surface area contributed by atoms with E-state index in [1.807, 2.05) is 30.3 Å². The summed E-state index contributed by atoms with van der Waals surface area (Å²) < 4.78 is 0. The van der Waals surface area contributed by atoms with Crippen LogP contribution >= 0.6 is 23.2 Å². The van der Waals surface area contributed by atoms with E-state index >= 15 is 0 Å². The van der Waals surface area contributed by atoms with Gasteiger partial charge in [-0.3, -0.25) is 9.59 Å². The minimum absolute atomic E-state index is 0.0479. The molecule has 0 atom stereocenters. The van der Waals surface area contributed by atoms with Gasteiger partial charge in [0.25, 0.3) is 0 Å². The highest BCUT2D eigenvalue weighted by atomic mass is 35.5. The quantitative estimate of drug-likeness (QED) is 0.747. The molecule has 0 aliphatic rings. The number of hydrogen-bond donors (Lipinski definition) is 0. The average Bonchev–Trinajstić information content (AvgIpc) is 2.59. The zero-order chi connectivity index (χ0) is 18.4. The Morgan fingerprint density at radius 1 is 1.00 bits per heavy atom. The van der Waals surface area contributed by atoms with E-state index in [9.17, 15) is 9.59 Å². The minimum Gasteiger partial charge on any atom is -0.341 e. The third-order valence-corrected chi connectivity index (χ3v) is 4.65. The summed E-state index contributed by atoms with van der Waals surface area (Å²) in [6.45, 7) is 2.21. The van der Waals surface area contributed by atoms with Crippen LogP contribution < -0.4 is 4.90 Å². The highest BCUT2D eigenvalue weighted by molar-refractivity contribution is 6.44. The van der Waals surface area contributed by atoms with Crippen LogP contribution in [0.2, 0.25) is 10.0 Å². The fourth-order valence-corrected chi connectivity index (χ4v) is 2.89. The molecule has 0 saturated heterocycles. The van der Waals surface area contributed by atoms with E-state index in [0.29, 0.717) is 22.3 Å². The van der Waals surface area contributed by atoms with E-state index in [4.69, 9.17) is 23.2 Å². The van der Waals surface area contributed by atoms with Gasteiger partial charge in [-0.15, -0.1) is 0 Å². The van der Waals surface area contributed by atoms with Crippen molar-refractivity contribution in [1.82, 2.24) is 4.90 Å². The molecule has 0 aliphatic heterocycles. The standard InChI is InChI=1S/C19H20Cl2N2O2/c1-14(24)23(17-10-6-9-16(20)19(17)21)12-11-18(25)22(2)13-15-7-4-3-5-8-15/h3-10H,11-13H2,1-2H3. The van der Waals surface area contributed by atoms with Gasteiger partial charge in [0.05, 0.1) is 15.7 Å². The fraction of sp³-hybridized carbons (Fsp3) is 0.263. The van der Waals surface area contributed by atoms with Crippen molar-refractivity contribution in [3.63, 3.8) is 0 Å². The number of anilines is 1. The molecule has 6 heteroatoms. The Labute approximate surface area is 157 Å². The van der Waals surface area contributed by atoms with Gasteiger partial charge in [0.15, 0.2) is 0 Å². The van der Waals surface area contributed by atoms with Crippen molar-refractivity contribution < 1.29 is 9.59 Å². The van der Waals surface area contributed by atoms with Gasteiger partial charge in [0.1, 0.15) is 0 Å². The third kappa shape index (κ3) is 5.21. The van der Waals surface area contributed by atoms with Crippen LogP contribution in [0.1, 0.15) is 18.9 Å². The molecule has 0 bridgehead atoms. The van der Waals surface area contributed by atoms with E-state index in [2.05, 4.69) is 0 Å². The number of benzene rings is 2. The van der Waals surface area contributed by atoms with Gasteiger partial charge in [-0.1, -0.05) is 59.6 Å². The van der Waals surface area contributed by atoms with Crippen molar-refractivity contribution >= 4 is 40.7 Å². The van der Waals surface area contributed by atoms with Crippen LogP contribution in [0.15, 0.2) is 48.5 Å². The van der Waals surface area contributed by atoms with Gasteiger partial charge in [-0.2, -0.15) is 0 Å². The van der Waals surface area contributed by atoms with E-state index < -0.39 is 0 Å². The normalized spacial score (nSPS) is 10.4. The number of hydrogen-bond acceptors (Lipinski definition) is 2. The van der Waals surface area contributed by atoms with E-state index in [1.54, 1.807) is 30.1 Å². The molecule has 4 nitrogen and oxygen atoms in total. The van der Waals surface area contributed by atoms with E-state index in [1.165, 1.54) is 11.8 Å². The Kier molecular flexibility index (Phi) is 6.85. The van der Waals surface area contributed by atoms with Crippen molar-refractivity contribution in [2.24, 2.45) is 0 Å². The summed E-state index contributed by atoms with van der Waals surface area (Å²) in [5.41, 5.74) is 1.57. The Bertz CT molecular complexity index is 750. The second-order valence-electron chi connectivity index (χ2n) is 5.73. The maximum absolute atomic E-state index is 12.4. The van der Waals surface area contributed by atoms with Crippen LogP contribution in [0.4, 0.5) is 5.69 Å². The number of rotatable bonds is 6. The van der Waals surface area contributed by atoms with Crippen molar-refractivity contribution in [2.45, 2.75) is 19.9 Å². The van der Waals surface area contributed by atoms with Gasteiger partial charge in [-0.25, -0.2) is 0 Å². The molecular weight excluding hydrogens is 359 g/mol. The predicted octanol–water partition coefficient (Wildman–Crippen LogP) is 4.40. The molecule has 2 aromatic rings. The number of carbonyl (C=O) groups is 2. The van der Waals surface area contributed by atoms with Gasteiger partial charge in [0, 0.05) is 33.5 Å². The van der Waals surface area contributed by atoms with E-state index in [0.717, 1.165) is 5.56 Å². The van der Waals surface area contributed by atoms with Gasteiger partial charge >= 0.3 is 0 Å². The minimum atomic E-state index is -0.192. The molecule has 0 radical (unpaired) electrons. The molecule has 2 rings (SSSR count). The van der Waals surface area contributed by atoms with Crippen molar-refractivity contribution in [2.75, 3.05) is 18.5 Å². The number of amides is 2. The van der Waals surface area contributed by atoms with Gasteiger partial charge in [-0.05, 0) is 17.7 Å². The Hall–Kier alpha value is -2.04. The topological polar surface area (TPSA) is 40.6 Å². The molecule has 2 aromatic carbocycles. The molecular formula is C19H20Cl2N2O2. The SMILES string of the molecule is CC(=O)N(CCC(=O)N(C)Cc1ccccc1)c1cccc(Cl)c1Cl. The molecule has 0 unspecified atom stereocenters. The zero-order valence-corrected chi connectivity index (χ0v) is 15.7. The Balaban J connectivity index is 2.02. The summed E-state index contributed by atoms with van der Waals surface area (Å²) in [6.07, 6.45) is 0.200. The average molecular weight is 379 g/mol. The van der Waals surface area contributed by atoms with Crippen LogP contribution in [-0.4, -0.2) is 30.3 Å². The first-order valence-electron chi connectivity index (χ1n) is 7.90. The summed E-state index contributed by atoms with van der Waals surface area (Å²) in [5.74, 6) is -0.240. The van der Waals surface area contributed by atoms with Crippen molar-refractivity contribution in [3.8, 4) is 0 Å². The third-order valence-electron chi connectivity index (χ3n) is 3.84. The molecule has 0 aliphatic carbocycles. The molecule has 0 heterocycles. The summed E-state index contributed by atoms with van der Waals surface area (Å²) in [7, 11) is 1.75. The highest BCUT2D eigenvalue weighted by Crippen LogP contribution is 2.32. The number of nitrogens with zero attached hydrogens (tertiary/aromatic N) is 2. The first kappa shape index (κ1) is 19.3. The summed E-state index contributed by atoms with van der Waals surface area (Å²) in [4.78, 5) is 27.5. The maximum Gasteiger partial charge on any atom is 0.224 e. The summed E-state index contributed by atoms with van der Waals surface area (Å²) in [5, 5.41) is 0.683. The summed E-state index contributed by atoms with van der Waals surface area (Å²) in [6, 6.07) is 14.8. The smallest absolute Gasteiger partial charge is 0.224 e. The van der Waals surface area contributed by atoms with Crippen molar-refractivity contribution in [1.29, 1.82) is 0 Å². The van der Waals surface area contributed by atoms with Gasteiger partial charge < -0.3 is 9.80 Å². The second-order valence-corrected chi connectivity index (χ2v) is 6.51. The lowest BCUT2D eigenvalue weighted by atomic mass is 10.2. The first-order chi connectivity index (χ1) is 11.9. The lowest BCUT2D eigenvalue weighted by molar-refractivity contribution is -0.130. The molecule has 0 N–H and O–H groups in total. The molecule has 0 aromatic heterocycles. The van der Waals surface area contributed by atoms with Crippen molar-refractivity contribution in [3.05, 3.63) is 64.1 Å². The molecule has 0 spiro atoms. The monoisotopic (exact) mass is 378 g/mol. The lowest BCUT2D eigenvalue weighted by Gasteiger charge is -2.24. The lowest BCUT2D eigenvalue weighted by Crippen LogP contribution is -2.34. The molecule has 2 amide bonds. The zero-order valence-electron chi connectivity index (χ0n) is 14.2. The Morgan fingerprint density at radius 2 is 1.68 bits per heavy atom. The predicted molar refractivity (Wildman–Crippen MR) is 102 cm³/mol. The maximum atomic E-state index is 12.4. The number of carbonyl (C=O) groups excluding carboxylic acids is 2. The van der Waals surface area contributed by atoms with Crippen LogP contribution in [-0.2, 0) is 16.1 Å². The van der Waals surface area contributed by atoms with E-state index in [-0.39, 0.29) is 24.8 Å². The first-order valence-corrected chi connectivity index (χ1v) is 8.65. The molecule has 0 fully saturated rings. The van der Waals surface area contributed by atoms with Crippen LogP contribution in [0.25, 0.3) is 0 Å². The highest BCUT2D eigenvalue weighted by Gasteiger charge is 2.18. The van der Waals surface area contributed by atoms with Crippen LogP contribution in [0, 0.1) is 0 Å². The Morgan fingerprint density at radius 3 is 2.32 bits per heavy atom. The largest absolute Gasteiger partial charge is 0.341 e. The second kappa shape index (κ2) is 8.88. The molecule has 132 valence electrons. The van der Waals surface area contributed by atoms with Crippen LogP contribution in [0.3, 0.4) is 0 Å². The van der Waals surface area contributed by atoms with Crippen LogP contribution in [0.5, 0.6) is 0 Å². The summed E-state index contributed by atoms with van der Waals surface area (Å²) >= 11 is 12.2. The van der Waals surface area contributed by atoms with Gasteiger partial charge in [0.2, 0.25) is 11.8 Å². The molecule has 0 saturated carbocycles. The number of halogens is 2. The fourth-order valence-electron chi connectivity index (χ4n) is 2.49.